The largest absolute Gasteiger partial charge is 0.455 e. The van der Waals surface area contributed by atoms with Gasteiger partial charge in [0.1, 0.15) is 11.2 Å². The van der Waals surface area contributed by atoms with Crippen molar-refractivity contribution in [2.75, 3.05) is 0 Å². The predicted molar refractivity (Wildman–Crippen MR) is 169 cm³/mol. The van der Waals surface area contributed by atoms with Crippen molar-refractivity contribution in [1.82, 2.24) is 9.97 Å². The lowest BCUT2D eigenvalue weighted by Crippen LogP contribution is -1.96. The molecule has 3 heteroatoms. The van der Waals surface area contributed by atoms with Gasteiger partial charge in [-0.3, -0.25) is 0 Å². The number of nitrogens with zero attached hydrogens (tertiary/aromatic N) is 2. The van der Waals surface area contributed by atoms with E-state index in [1.165, 1.54) is 10.8 Å². The van der Waals surface area contributed by atoms with Crippen LogP contribution in [0.2, 0.25) is 0 Å². The van der Waals surface area contributed by atoms with Crippen molar-refractivity contribution in [1.29, 1.82) is 0 Å². The second-order valence-corrected chi connectivity index (χ2v) is 10.2. The van der Waals surface area contributed by atoms with Crippen molar-refractivity contribution in [3.63, 3.8) is 0 Å². The number of para-hydroxylation sites is 2. The number of furan rings is 1. The first kappa shape index (κ1) is 23.4. The van der Waals surface area contributed by atoms with Crippen LogP contribution >= 0.6 is 0 Å². The van der Waals surface area contributed by atoms with Crippen molar-refractivity contribution in [2.45, 2.75) is 0 Å². The second kappa shape index (κ2) is 9.58. The molecule has 0 fully saturated rings. The first-order chi connectivity index (χ1) is 20.3. The van der Waals surface area contributed by atoms with Gasteiger partial charge in [0, 0.05) is 33.0 Å². The standard InChI is InChI=1S/C38H24N2O/c1-2-10-28(11-3-1)38-39-34(24-35(40-38)30-22-17-25-9-4-5-12-29(25)23-30)27-20-18-26(19-21-27)31-14-8-15-33-32-13-6-7-16-36(32)41-37(31)33/h1-24H. The van der Waals surface area contributed by atoms with Gasteiger partial charge < -0.3 is 4.42 Å². The van der Waals surface area contributed by atoms with Crippen LogP contribution in [-0.4, -0.2) is 9.97 Å². The summed E-state index contributed by atoms with van der Waals surface area (Å²) in [4.78, 5) is 10.0. The number of hydrogen-bond acceptors (Lipinski definition) is 3. The molecule has 0 bridgehead atoms. The minimum atomic E-state index is 0.711. The van der Waals surface area contributed by atoms with Crippen LogP contribution < -0.4 is 0 Å². The maximum Gasteiger partial charge on any atom is 0.160 e. The Kier molecular flexibility index (Phi) is 5.46. The number of benzene rings is 6. The molecule has 0 N–H and O–H groups in total. The average molecular weight is 525 g/mol. The van der Waals surface area contributed by atoms with Crippen LogP contribution in [0.5, 0.6) is 0 Å². The molecule has 0 saturated heterocycles. The highest BCUT2D eigenvalue weighted by Gasteiger charge is 2.14. The summed E-state index contributed by atoms with van der Waals surface area (Å²) < 4.78 is 6.29. The van der Waals surface area contributed by atoms with Gasteiger partial charge in [-0.05, 0) is 34.5 Å². The molecular formula is C38H24N2O. The van der Waals surface area contributed by atoms with Crippen LogP contribution in [-0.2, 0) is 0 Å². The highest BCUT2D eigenvalue weighted by atomic mass is 16.3. The maximum atomic E-state index is 6.29. The normalized spacial score (nSPS) is 11.4. The highest BCUT2D eigenvalue weighted by molar-refractivity contribution is 6.09. The lowest BCUT2D eigenvalue weighted by molar-refractivity contribution is 0.670. The Morgan fingerprint density at radius 2 is 1.07 bits per heavy atom. The van der Waals surface area contributed by atoms with Gasteiger partial charge in [0.15, 0.2) is 5.82 Å². The van der Waals surface area contributed by atoms with Gasteiger partial charge in [0.25, 0.3) is 0 Å². The number of rotatable bonds is 4. The predicted octanol–water partition coefficient (Wildman–Crippen LogP) is 10.2. The average Bonchev–Trinajstić information content (AvgIpc) is 3.44. The SMILES string of the molecule is c1ccc(-c2nc(-c3ccc(-c4cccc5c4oc4ccccc45)cc3)cc(-c3ccc4ccccc4c3)n2)cc1. The summed E-state index contributed by atoms with van der Waals surface area (Å²) in [5.74, 6) is 0.711. The zero-order valence-electron chi connectivity index (χ0n) is 22.2. The van der Waals surface area contributed by atoms with Crippen LogP contribution in [0.25, 0.3) is 77.7 Å². The van der Waals surface area contributed by atoms with Gasteiger partial charge >= 0.3 is 0 Å². The molecule has 0 aliphatic carbocycles. The van der Waals surface area contributed by atoms with E-state index >= 15 is 0 Å². The van der Waals surface area contributed by atoms with Crippen molar-refractivity contribution < 1.29 is 4.42 Å². The first-order valence-electron chi connectivity index (χ1n) is 13.7. The van der Waals surface area contributed by atoms with Gasteiger partial charge in [0.2, 0.25) is 0 Å². The molecule has 192 valence electrons. The second-order valence-electron chi connectivity index (χ2n) is 10.2. The summed E-state index contributed by atoms with van der Waals surface area (Å²) >= 11 is 0. The van der Waals surface area contributed by atoms with Crippen LogP contribution in [0.4, 0.5) is 0 Å². The molecule has 0 spiro atoms. The molecule has 0 unspecified atom stereocenters. The van der Waals surface area contributed by atoms with Crippen LogP contribution in [0.15, 0.2) is 150 Å². The lowest BCUT2D eigenvalue weighted by atomic mass is 9.99. The molecule has 0 saturated carbocycles. The van der Waals surface area contributed by atoms with Gasteiger partial charge in [-0.25, -0.2) is 9.97 Å². The van der Waals surface area contributed by atoms with Crippen molar-refractivity contribution in [2.24, 2.45) is 0 Å². The van der Waals surface area contributed by atoms with E-state index in [0.717, 1.165) is 61.1 Å². The van der Waals surface area contributed by atoms with Gasteiger partial charge in [-0.15, -0.1) is 0 Å². The Morgan fingerprint density at radius 3 is 1.93 bits per heavy atom. The molecule has 0 aliphatic heterocycles. The van der Waals surface area contributed by atoms with E-state index in [9.17, 15) is 0 Å². The van der Waals surface area contributed by atoms with E-state index in [0.29, 0.717) is 5.82 Å². The minimum Gasteiger partial charge on any atom is -0.455 e. The van der Waals surface area contributed by atoms with Gasteiger partial charge in [0.05, 0.1) is 11.4 Å². The Balaban J connectivity index is 1.24. The van der Waals surface area contributed by atoms with Gasteiger partial charge in [-0.2, -0.15) is 0 Å². The summed E-state index contributed by atoms with van der Waals surface area (Å²) in [6.07, 6.45) is 0. The number of fused-ring (bicyclic) bond motifs is 4. The molecule has 2 heterocycles. The molecule has 2 aromatic heterocycles. The number of aromatic nitrogens is 2. The first-order valence-corrected chi connectivity index (χ1v) is 13.7. The summed E-state index contributed by atoms with van der Waals surface area (Å²) in [5.41, 5.74) is 8.87. The smallest absolute Gasteiger partial charge is 0.160 e. The zero-order valence-corrected chi connectivity index (χ0v) is 22.2. The summed E-state index contributed by atoms with van der Waals surface area (Å²) in [6, 6.07) is 50.3. The van der Waals surface area contributed by atoms with E-state index in [4.69, 9.17) is 14.4 Å². The molecule has 0 aliphatic rings. The maximum absolute atomic E-state index is 6.29. The zero-order chi connectivity index (χ0) is 27.2. The fraction of sp³-hybridized carbons (Fsp3) is 0. The molecular weight excluding hydrogens is 500 g/mol. The summed E-state index contributed by atoms with van der Waals surface area (Å²) in [7, 11) is 0. The molecule has 0 amide bonds. The Hall–Kier alpha value is -5.54. The van der Waals surface area contributed by atoms with Crippen molar-refractivity contribution >= 4 is 32.7 Å². The molecule has 41 heavy (non-hydrogen) atoms. The third-order valence-electron chi connectivity index (χ3n) is 7.70. The topological polar surface area (TPSA) is 38.9 Å². The summed E-state index contributed by atoms with van der Waals surface area (Å²) in [6.45, 7) is 0. The van der Waals surface area contributed by atoms with Crippen LogP contribution in [0, 0.1) is 0 Å². The summed E-state index contributed by atoms with van der Waals surface area (Å²) in [5, 5.41) is 4.67. The van der Waals surface area contributed by atoms with E-state index in [2.05, 4.69) is 115 Å². The Bertz CT molecular complexity index is 2200. The van der Waals surface area contributed by atoms with E-state index < -0.39 is 0 Å². The molecule has 8 rings (SSSR count). The van der Waals surface area contributed by atoms with Crippen molar-refractivity contribution in [3.05, 3.63) is 146 Å². The third kappa shape index (κ3) is 4.16. The quantitative estimate of drug-likeness (QED) is 0.230. The highest BCUT2D eigenvalue weighted by Crippen LogP contribution is 2.36. The van der Waals surface area contributed by atoms with Crippen molar-refractivity contribution in [3.8, 4) is 45.0 Å². The number of hydrogen-bond donors (Lipinski definition) is 0. The van der Waals surface area contributed by atoms with E-state index in [-0.39, 0.29) is 0 Å². The molecule has 0 atom stereocenters. The third-order valence-corrected chi connectivity index (χ3v) is 7.70. The van der Waals surface area contributed by atoms with Gasteiger partial charge in [-0.1, -0.05) is 127 Å². The minimum absolute atomic E-state index is 0.711. The molecule has 0 radical (unpaired) electrons. The molecule has 6 aromatic carbocycles. The van der Waals surface area contributed by atoms with E-state index in [1.807, 2.05) is 30.3 Å². The fourth-order valence-electron chi connectivity index (χ4n) is 5.60. The molecule has 8 aromatic rings. The lowest BCUT2D eigenvalue weighted by Gasteiger charge is -2.11. The molecule has 3 nitrogen and oxygen atoms in total. The fourth-order valence-corrected chi connectivity index (χ4v) is 5.60. The monoisotopic (exact) mass is 524 g/mol. The Labute approximate surface area is 237 Å². The Morgan fingerprint density at radius 1 is 0.415 bits per heavy atom. The van der Waals surface area contributed by atoms with E-state index in [1.54, 1.807) is 0 Å². The van der Waals surface area contributed by atoms with Crippen LogP contribution in [0.3, 0.4) is 0 Å². The van der Waals surface area contributed by atoms with Crippen LogP contribution in [0.1, 0.15) is 0 Å².